The lowest BCUT2D eigenvalue weighted by atomic mass is 9.89. The van der Waals surface area contributed by atoms with Crippen LogP contribution in [0.15, 0.2) is 53.7 Å². The van der Waals surface area contributed by atoms with Crippen LogP contribution < -0.4 is 5.69 Å². The van der Waals surface area contributed by atoms with Crippen LogP contribution in [0.3, 0.4) is 0 Å². The second-order valence-corrected chi connectivity index (χ2v) is 8.33. The second-order valence-electron chi connectivity index (χ2n) is 7.89. The Kier molecular flexibility index (Phi) is 5.43. The summed E-state index contributed by atoms with van der Waals surface area (Å²) in [7, 11) is 1.66. The molecular formula is C23H20ClFN6O2. The average Bonchev–Trinajstić information content (AvgIpc) is 3.34. The number of benzene rings is 2. The zero-order valence-electron chi connectivity index (χ0n) is 17.7. The summed E-state index contributed by atoms with van der Waals surface area (Å²) < 4.78 is 15.9. The van der Waals surface area contributed by atoms with E-state index in [4.69, 9.17) is 11.6 Å². The Morgan fingerprint density at radius 1 is 1.18 bits per heavy atom. The zero-order chi connectivity index (χ0) is 23.1. The van der Waals surface area contributed by atoms with Crippen molar-refractivity contribution < 1.29 is 9.50 Å². The van der Waals surface area contributed by atoms with Crippen LogP contribution in [-0.4, -0.2) is 34.2 Å². The third kappa shape index (κ3) is 4.01. The molecule has 0 spiro atoms. The molecule has 5 aromatic rings. The van der Waals surface area contributed by atoms with Crippen LogP contribution in [0.5, 0.6) is 0 Å². The first kappa shape index (κ1) is 21.3. The Balaban J connectivity index is 0.000000162. The molecular weight excluding hydrogens is 447 g/mol. The Morgan fingerprint density at radius 3 is 2.88 bits per heavy atom. The van der Waals surface area contributed by atoms with Crippen molar-refractivity contribution in [3.8, 4) is 5.95 Å². The minimum absolute atomic E-state index is 0.206. The first-order valence-corrected chi connectivity index (χ1v) is 10.8. The predicted molar refractivity (Wildman–Crippen MR) is 123 cm³/mol. The lowest BCUT2D eigenvalue weighted by Gasteiger charge is -2.20. The molecule has 0 radical (unpaired) electrons. The highest BCUT2D eigenvalue weighted by Gasteiger charge is 2.17. The van der Waals surface area contributed by atoms with E-state index in [-0.39, 0.29) is 17.6 Å². The molecule has 1 atom stereocenters. The highest BCUT2D eigenvalue weighted by Crippen LogP contribution is 2.29. The highest BCUT2D eigenvalue weighted by molar-refractivity contribution is 6.31. The number of nitrogens with one attached hydrogen (secondary N) is 1. The van der Waals surface area contributed by atoms with Gasteiger partial charge in [-0.25, -0.2) is 19.2 Å². The van der Waals surface area contributed by atoms with Gasteiger partial charge in [-0.2, -0.15) is 4.98 Å². The van der Waals surface area contributed by atoms with E-state index in [1.807, 2.05) is 6.07 Å². The Bertz CT molecular complexity index is 1540. The first-order chi connectivity index (χ1) is 15.9. The molecule has 3 heterocycles. The molecule has 33 heavy (non-hydrogen) atoms. The van der Waals surface area contributed by atoms with Crippen LogP contribution in [-0.2, 0) is 13.5 Å². The van der Waals surface area contributed by atoms with Crippen molar-refractivity contribution in [2.75, 3.05) is 0 Å². The Morgan fingerprint density at radius 2 is 2.03 bits per heavy atom. The standard InChI is InChI=1S/C13H9ClN6O.C10H11FO/c1-19-10-5-15-12(17-11(10)18-13(19)21)20-6-16-8-3-2-7(14)4-9(8)20;11-8-4-5-9-7(6-8)2-1-3-10(9)12/h2-6H,1H3,(H,15,17,18,21);4-6,10,12H,1-3H2/t;10-/m.1/s1. The summed E-state index contributed by atoms with van der Waals surface area (Å²) in [6, 6.07) is 10.0. The number of halogens is 2. The van der Waals surface area contributed by atoms with E-state index in [1.165, 1.54) is 16.7 Å². The molecule has 6 rings (SSSR count). The molecule has 0 saturated heterocycles. The van der Waals surface area contributed by atoms with Gasteiger partial charge in [0.15, 0.2) is 5.65 Å². The highest BCUT2D eigenvalue weighted by atomic mass is 35.5. The van der Waals surface area contributed by atoms with Gasteiger partial charge in [0.25, 0.3) is 0 Å². The van der Waals surface area contributed by atoms with Crippen LogP contribution in [0.1, 0.15) is 30.1 Å². The molecule has 0 saturated carbocycles. The third-order valence-corrected chi connectivity index (χ3v) is 6.00. The molecule has 1 aliphatic rings. The van der Waals surface area contributed by atoms with Crippen LogP contribution in [0, 0.1) is 5.82 Å². The van der Waals surface area contributed by atoms with E-state index < -0.39 is 0 Å². The Labute approximate surface area is 192 Å². The number of hydrogen-bond donors (Lipinski definition) is 2. The van der Waals surface area contributed by atoms with Gasteiger partial charge in [0.2, 0.25) is 5.95 Å². The number of aliphatic hydroxyl groups excluding tert-OH is 1. The van der Waals surface area contributed by atoms with Crippen molar-refractivity contribution in [2.45, 2.75) is 25.4 Å². The zero-order valence-corrected chi connectivity index (χ0v) is 18.4. The van der Waals surface area contributed by atoms with Crippen LogP contribution in [0.2, 0.25) is 5.02 Å². The first-order valence-electron chi connectivity index (χ1n) is 10.4. The summed E-state index contributed by atoms with van der Waals surface area (Å²) in [6.45, 7) is 0. The van der Waals surface area contributed by atoms with Gasteiger partial charge in [-0.05, 0) is 60.7 Å². The molecule has 2 N–H and O–H groups in total. The summed E-state index contributed by atoms with van der Waals surface area (Å²) in [5, 5.41) is 10.1. The molecule has 0 fully saturated rings. The van der Waals surface area contributed by atoms with Crippen molar-refractivity contribution in [1.29, 1.82) is 0 Å². The molecule has 0 amide bonds. The van der Waals surface area contributed by atoms with Crippen molar-refractivity contribution in [1.82, 2.24) is 29.1 Å². The number of rotatable bonds is 1. The number of aliphatic hydroxyl groups is 1. The quantitative estimate of drug-likeness (QED) is 0.391. The van der Waals surface area contributed by atoms with E-state index in [1.54, 1.807) is 42.3 Å². The minimum Gasteiger partial charge on any atom is -0.388 e. The fourth-order valence-corrected chi connectivity index (χ4v) is 4.18. The van der Waals surface area contributed by atoms with E-state index in [2.05, 4.69) is 19.9 Å². The van der Waals surface area contributed by atoms with Crippen molar-refractivity contribution in [2.24, 2.45) is 7.05 Å². The van der Waals surface area contributed by atoms with Crippen molar-refractivity contribution in [3.05, 3.63) is 81.4 Å². The van der Waals surface area contributed by atoms with Gasteiger partial charge < -0.3 is 5.11 Å². The predicted octanol–water partition coefficient (Wildman–Crippen LogP) is 3.84. The number of aromatic amines is 1. The van der Waals surface area contributed by atoms with Gasteiger partial charge >= 0.3 is 5.69 Å². The number of fused-ring (bicyclic) bond motifs is 3. The number of H-pyrrole nitrogens is 1. The number of aromatic nitrogens is 6. The number of aryl methyl sites for hydroxylation is 2. The summed E-state index contributed by atoms with van der Waals surface area (Å²) >= 11 is 6.02. The van der Waals surface area contributed by atoms with Gasteiger partial charge in [-0.15, -0.1) is 0 Å². The molecule has 0 bridgehead atoms. The fraction of sp³-hybridized carbons (Fsp3) is 0.217. The molecule has 8 nitrogen and oxygen atoms in total. The second kappa shape index (κ2) is 8.42. The summed E-state index contributed by atoms with van der Waals surface area (Å²) in [5.41, 5.74) is 4.37. The van der Waals surface area contributed by atoms with Crippen LogP contribution >= 0.6 is 11.6 Å². The van der Waals surface area contributed by atoms with E-state index in [0.29, 0.717) is 22.1 Å². The van der Waals surface area contributed by atoms with E-state index >= 15 is 0 Å². The summed E-state index contributed by atoms with van der Waals surface area (Å²) in [6.07, 6.45) is 5.50. The van der Waals surface area contributed by atoms with Gasteiger partial charge in [0.05, 0.1) is 23.3 Å². The van der Waals surface area contributed by atoms with Gasteiger partial charge in [-0.3, -0.25) is 14.1 Å². The van der Waals surface area contributed by atoms with Gasteiger partial charge in [0, 0.05) is 12.1 Å². The Hall–Kier alpha value is -3.56. The normalized spacial score (nSPS) is 15.3. The van der Waals surface area contributed by atoms with Crippen molar-refractivity contribution >= 4 is 33.8 Å². The number of imidazole rings is 2. The van der Waals surface area contributed by atoms with Crippen molar-refractivity contribution in [3.63, 3.8) is 0 Å². The van der Waals surface area contributed by atoms with Crippen LogP contribution in [0.25, 0.3) is 28.1 Å². The maximum atomic E-state index is 12.7. The maximum absolute atomic E-state index is 12.7. The molecule has 1 aliphatic carbocycles. The number of nitrogens with zero attached hydrogens (tertiary/aromatic N) is 5. The largest absolute Gasteiger partial charge is 0.388 e. The molecule has 10 heteroatoms. The lowest BCUT2D eigenvalue weighted by Crippen LogP contribution is -2.11. The monoisotopic (exact) mass is 466 g/mol. The van der Waals surface area contributed by atoms with E-state index in [9.17, 15) is 14.3 Å². The minimum atomic E-state index is -0.380. The average molecular weight is 467 g/mol. The molecule has 3 aromatic heterocycles. The third-order valence-electron chi connectivity index (χ3n) is 5.76. The van der Waals surface area contributed by atoms with E-state index in [0.717, 1.165) is 41.4 Å². The van der Waals surface area contributed by atoms with Gasteiger partial charge in [0.1, 0.15) is 17.7 Å². The number of hydrogen-bond acceptors (Lipinski definition) is 5. The molecule has 0 aliphatic heterocycles. The SMILES string of the molecule is Cn1c(=O)[nH]c2nc(-n3cnc4ccc(Cl)cc43)ncc21.O[C@@H]1CCCc2cc(F)ccc21. The van der Waals surface area contributed by atoms with Gasteiger partial charge in [-0.1, -0.05) is 17.7 Å². The topological polar surface area (TPSA) is 102 Å². The summed E-state index contributed by atoms with van der Waals surface area (Å²) in [4.78, 5) is 27.2. The summed E-state index contributed by atoms with van der Waals surface area (Å²) in [5.74, 6) is 0.219. The smallest absolute Gasteiger partial charge is 0.327 e. The molecule has 0 unspecified atom stereocenters. The lowest BCUT2D eigenvalue weighted by molar-refractivity contribution is 0.156. The molecule has 2 aromatic carbocycles. The maximum Gasteiger partial charge on any atom is 0.327 e. The molecule has 168 valence electrons. The van der Waals surface area contributed by atoms with Crippen LogP contribution in [0.4, 0.5) is 4.39 Å². The fourth-order valence-electron chi connectivity index (χ4n) is 4.01.